The van der Waals surface area contributed by atoms with Crippen molar-refractivity contribution >= 4 is 11.3 Å². The van der Waals surface area contributed by atoms with Crippen LogP contribution >= 0.6 is 11.3 Å². The molecule has 3 nitrogen and oxygen atoms in total. The molecular weight excluding hydrogens is 242 g/mol. The van der Waals surface area contributed by atoms with E-state index in [0.29, 0.717) is 0 Å². The van der Waals surface area contributed by atoms with Crippen LogP contribution in [0.4, 0.5) is 0 Å². The molecule has 2 aliphatic rings. The van der Waals surface area contributed by atoms with Crippen LogP contribution in [0.1, 0.15) is 16.7 Å². The Morgan fingerprint density at radius 1 is 1.22 bits per heavy atom. The van der Waals surface area contributed by atoms with Gasteiger partial charge in [0.2, 0.25) is 0 Å². The molecule has 100 valence electrons. The summed E-state index contributed by atoms with van der Waals surface area (Å²) in [7, 11) is 0. The SMILES string of the molecule is CCc1ccc(CN2CC(N3CCNCC3)C2)s1. The Labute approximate surface area is 114 Å². The second kappa shape index (κ2) is 5.70. The molecule has 1 N–H and O–H groups in total. The van der Waals surface area contributed by atoms with Gasteiger partial charge >= 0.3 is 0 Å². The number of nitrogens with zero attached hydrogens (tertiary/aromatic N) is 2. The van der Waals surface area contributed by atoms with Gasteiger partial charge < -0.3 is 5.32 Å². The summed E-state index contributed by atoms with van der Waals surface area (Å²) in [6.07, 6.45) is 1.17. The molecule has 0 aromatic carbocycles. The quantitative estimate of drug-likeness (QED) is 0.888. The molecule has 1 aromatic rings. The first-order valence-electron chi connectivity index (χ1n) is 7.10. The fourth-order valence-electron chi connectivity index (χ4n) is 2.87. The first kappa shape index (κ1) is 12.6. The van der Waals surface area contributed by atoms with Crippen molar-refractivity contribution in [1.82, 2.24) is 15.1 Å². The van der Waals surface area contributed by atoms with Gasteiger partial charge in [-0.1, -0.05) is 6.92 Å². The van der Waals surface area contributed by atoms with E-state index in [1.165, 1.54) is 55.4 Å². The highest BCUT2D eigenvalue weighted by Gasteiger charge is 2.32. The molecule has 0 saturated carbocycles. The molecule has 3 heterocycles. The third-order valence-corrected chi connectivity index (χ3v) is 5.27. The molecule has 1 aromatic heterocycles. The molecule has 18 heavy (non-hydrogen) atoms. The van der Waals surface area contributed by atoms with Gasteiger partial charge in [-0.25, -0.2) is 0 Å². The van der Waals surface area contributed by atoms with E-state index in [2.05, 4.69) is 34.2 Å². The smallest absolute Gasteiger partial charge is 0.0351 e. The fraction of sp³-hybridized carbons (Fsp3) is 0.714. The summed E-state index contributed by atoms with van der Waals surface area (Å²) in [5, 5.41) is 3.42. The van der Waals surface area contributed by atoms with Crippen LogP contribution in [0.15, 0.2) is 12.1 Å². The Morgan fingerprint density at radius 3 is 2.61 bits per heavy atom. The second-order valence-corrected chi connectivity index (χ2v) is 6.61. The summed E-state index contributed by atoms with van der Waals surface area (Å²) >= 11 is 1.98. The van der Waals surface area contributed by atoms with E-state index in [0.717, 1.165) is 12.6 Å². The van der Waals surface area contributed by atoms with Crippen molar-refractivity contribution in [3.8, 4) is 0 Å². The summed E-state index contributed by atoms with van der Waals surface area (Å²) in [5.41, 5.74) is 0. The van der Waals surface area contributed by atoms with Crippen molar-refractivity contribution in [1.29, 1.82) is 0 Å². The summed E-state index contributed by atoms with van der Waals surface area (Å²) < 4.78 is 0. The first-order valence-corrected chi connectivity index (χ1v) is 7.91. The molecule has 0 bridgehead atoms. The van der Waals surface area contributed by atoms with Crippen molar-refractivity contribution in [3.05, 3.63) is 21.9 Å². The monoisotopic (exact) mass is 265 g/mol. The highest BCUT2D eigenvalue weighted by molar-refractivity contribution is 7.11. The van der Waals surface area contributed by atoms with E-state index in [-0.39, 0.29) is 0 Å². The molecule has 0 unspecified atom stereocenters. The van der Waals surface area contributed by atoms with Crippen LogP contribution in [0.25, 0.3) is 0 Å². The Hall–Kier alpha value is -0.420. The number of hydrogen-bond donors (Lipinski definition) is 1. The molecule has 2 aliphatic heterocycles. The molecule has 2 saturated heterocycles. The summed E-state index contributed by atoms with van der Waals surface area (Å²) in [6.45, 7) is 10.7. The van der Waals surface area contributed by atoms with Gasteiger partial charge in [-0.3, -0.25) is 9.80 Å². The number of rotatable bonds is 4. The van der Waals surface area contributed by atoms with Crippen LogP contribution < -0.4 is 5.32 Å². The third-order valence-electron chi connectivity index (χ3n) is 4.05. The fourth-order valence-corrected chi connectivity index (χ4v) is 3.87. The van der Waals surface area contributed by atoms with Crippen LogP contribution in [0.5, 0.6) is 0 Å². The standard InChI is InChI=1S/C14H23N3S/c1-2-13-3-4-14(18-13)11-16-9-12(10-16)17-7-5-15-6-8-17/h3-4,12,15H,2,5-11H2,1H3. The van der Waals surface area contributed by atoms with E-state index in [9.17, 15) is 0 Å². The lowest BCUT2D eigenvalue weighted by Gasteiger charge is -2.46. The number of piperazine rings is 1. The first-order chi connectivity index (χ1) is 8.85. The minimum Gasteiger partial charge on any atom is -0.314 e. The van der Waals surface area contributed by atoms with Gasteiger partial charge in [0.05, 0.1) is 0 Å². The zero-order chi connectivity index (χ0) is 12.4. The zero-order valence-electron chi connectivity index (χ0n) is 11.2. The Balaban J connectivity index is 1.44. The van der Waals surface area contributed by atoms with Gasteiger partial charge in [0, 0.05) is 61.6 Å². The predicted octanol–water partition coefficient (Wildman–Crippen LogP) is 1.40. The van der Waals surface area contributed by atoms with E-state index in [1.807, 2.05) is 11.3 Å². The average molecular weight is 265 g/mol. The molecule has 2 fully saturated rings. The van der Waals surface area contributed by atoms with Crippen LogP contribution in [-0.4, -0.2) is 55.1 Å². The number of likely N-dealkylation sites (tertiary alicyclic amines) is 1. The average Bonchev–Trinajstić information content (AvgIpc) is 2.82. The van der Waals surface area contributed by atoms with Crippen molar-refractivity contribution in [2.24, 2.45) is 0 Å². The topological polar surface area (TPSA) is 18.5 Å². The van der Waals surface area contributed by atoms with Gasteiger partial charge in [-0.15, -0.1) is 11.3 Å². The second-order valence-electron chi connectivity index (χ2n) is 5.36. The lowest BCUT2D eigenvalue weighted by molar-refractivity contribution is 0.0229. The maximum absolute atomic E-state index is 3.42. The maximum atomic E-state index is 3.42. The molecule has 0 amide bonds. The predicted molar refractivity (Wildman–Crippen MR) is 77.2 cm³/mol. The van der Waals surface area contributed by atoms with E-state index in [1.54, 1.807) is 0 Å². The van der Waals surface area contributed by atoms with Crippen molar-refractivity contribution in [2.75, 3.05) is 39.3 Å². The molecule has 0 radical (unpaired) electrons. The Bertz CT molecular complexity index is 378. The van der Waals surface area contributed by atoms with Crippen LogP contribution in [0.3, 0.4) is 0 Å². The number of thiophene rings is 1. The molecule has 0 spiro atoms. The van der Waals surface area contributed by atoms with Gasteiger partial charge in [-0.2, -0.15) is 0 Å². The molecule has 0 aliphatic carbocycles. The molecule has 3 rings (SSSR count). The number of aryl methyl sites for hydroxylation is 1. The summed E-state index contributed by atoms with van der Waals surface area (Å²) in [6, 6.07) is 5.41. The van der Waals surface area contributed by atoms with E-state index >= 15 is 0 Å². The normalized spacial score (nSPS) is 23.2. The van der Waals surface area contributed by atoms with Crippen molar-refractivity contribution < 1.29 is 0 Å². The summed E-state index contributed by atoms with van der Waals surface area (Å²) in [4.78, 5) is 8.28. The molecular formula is C14H23N3S. The van der Waals surface area contributed by atoms with Gasteiger partial charge in [0.25, 0.3) is 0 Å². The number of nitrogens with one attached hydrogen (secondary N) is 1. The van der Waals surface area contributed by atoms with Crippen LogP contribution in [0.2, 0.25) is 0 Å². The van der Waals surface area contributed by atoms with E-state index in [4.69, 9.17) is 0 Å². The van der Waals surface area contributed by atoms with Crippen LogP contribution in [-0.2, 0) is 13.0 Å². The highest BCUT2D eigenvalue weighted by Crippen LogP contribution is 2.23. The lowest BCUT2D eigenvalue weighted by atomic mass is 10.1. The van der Waals surface area contributed by atoms with Gasteiger partial charge in [-0.05, 0) is 18.6 Å². The Kier molecular flexibility index (Phi) is 3.99. The van der Waals surface area contributed by atoms with Crippen molar-refractivity contribution in [2.45, 2.75) is 25.9 Å². The maximum Gasteiger partial charge on any atom is 0.0351 e. The minimum atomic E-state index is 0.817. The molecule has 0 atom stereocenters. The summed E-state index contributed by atoms with van der Waals surface area (Å²) in [5.74, 6) is 0. The largest absolute Gasteiger partial charge is 0.314 e. The van der Waals surface area contributed by atoms with Crippen molar-refractivity contribution in [3.63, 3.8) is 0 Å². The van der Waals surface area contributed by atoms with Crippen LogP contribution in [0, 0.1) is 0 Å². The zero-order valence-corrected chi connectivity index (χ0v) is 12.0. The minimum absolute atomic E-state index is 0.817. The van der Waals surface area contributed by atoms with Gasteiger partial charge in [0.15, 0.2) is 0 Å². The molecule has 4 heteroatoms. The lowest BCUT2D eigenvalue weighted by Crippen LogP contribution is -2.62. The number of hydrogen-bond acceptors (Lipinski definition) is 4. The third kappa shape index (κ3) is 2.77. The highest BCUT2D eigenvalue weighted by atomic mass is 32.1. The van der Waals surface area contributed by atoms with Gasteiger partial charge in [0.1, 0.15) is 0 Å². The Morgan fingerprint density at radius 2 is 1.94 bits per heavy atom. The van der Waals surface area contributed by atoms with E-state index < -0.39 is 0 Å².